The van der Waals surface area contributed by atoms with Crippen molar-refractivity contribution in [3.05, 3.63) is 88.4 Å². The first-order chi connectivity index (χ1) is 13.8. The fraction of sp³-hybridized carbons (Fsp3) is 0.217. The summed E-state index contributed by atoms with van der Waals surface area (Å²) in [6, 6.07) is 15.5. The van der Waals surface area contributed by atoms with Crippen LogP contribution in [0.5, 0.6) is 11.6 Å². The van der Waals surface area contributed by atoms with Crippen LogP contribution in [0.4, 0.5) is 4.39 Å². The zero-order valence-electron chi connectivity index (χ0n) is 16.6. The molecule has 3 aromatic rings. The van der Waals surface area contributed by atoms with E-state index >= 15 is 0 Å². The Labute approximate surface area is 169 Å². The number of aryl methyl sites for hydroxylation is 2. The summed E-state index contributed by atoms with van der Waals surface area (Å²) >= 11 is 0. The molecule has 1 amide bonds. The fourth-order valence-electron chi connectivity index (χ4n) is 3.07. The van der Waals surface area contributed by atoms with Gasteiger partial charge in [-0.3, -0.25) is 4.79 Å². The maximum absolute atomic E-state index is 14.6. The van der Waals surface area contributed by atoms with Crippen LogP contribution in [-0.2, 0) is 6.54 Å². The molecule has 0 aliphatic carbocycles. The molecule has 2 aromatic carbocycles. The molecular weight excluding hydrogens is 371 g/mol. The van der Waals surface area contributed by atoms with E-state index in [1.807, 2.05) is 50.2 Å². The highest BCUT2D eigenvalue weighted by Gasteiger charge is 2.16. The molecule has 1 atom stereocenters. The number of nitrogens with zero attached hydrogens (tertiary/aromatic N) is 1. The molecule has 6 heteroatoms. The summed E-state index contributed by atoms with van der Waals surface area (Å²) in [4.78, 5) is 16.4. The lowest BCUT2D eigenvalue weighted by molar-refractivity contribution is 0.0946. The third-order valence-corrected chi connectivity index (χ3v) is 4.64. The first kappa shape index (κ1) is 20.3. The number of rotatable bonds is 6. The van der Waals surface area contributed by atoms with Crippen molar-refractivity contribution in [1.29, 1.82) is 0 Å². The standard InChI is InChI=1S/C23H23FN2O3/c1-14-11-15(2)26-23(28)20(14)13-25-22(27)19-10-9-17(12-21(19)24)16(3)29-18-7-5-4-6-8-18/h4-12,16H,13H2,1-3H3,(H,25,27)(H,26,28)/t16-/m1/s1. The predicted molar refractivity (Wildman–Crippen MR) is 108 cm³/mol. The van der Waals surface area contributed by atoms with E-state index in [0.717, 1.165) is 5.56 Å². The third-order valence-electron chi connectivity index (χ3n) is 4.64. The fourth-order valence-corrected chi connectivity index (χ4v) is 3.07. The molecule has 0 spiro atoms. The number of pyridine rings is 1. The number of para-hydroxylation sites is 1. The Morgan fingerprint density at radius 1 is 1.17 bits per heavy atom. The van der Waals surface area contributed by atoms with E-state index in [4.69, 9.17) is 4.74 Å². The SMILES string of the molecule is Cc1cc(C)c(CNC(=O)c2ccc([C@@H](C)Oc3ccccc3)cc2F)c(O)n1. The second-order valence-electron chi connectivity index (χ2n) is 6.88. The molecule has 0 aliphatic heterocycles. The Morgan fingerprint density at radius 3 is 2.55 bits per heavy atom. The summed E-state index contributed by atoms with van der Waals surface area (Å²) in [5.74, 6) is -0.647. The van der Waals surface area contributed by atoms with Crippen LogP contribution in [0.3, 0.4) is 0 Å². The zero-order valence-corrected chi connectivity index (χ0v) is 16.6. The highest BCUT2D eigenvalue weighted by atomic mass is 19.1. The molecule has 29 heavy (non-hydrogen) atoms. The smallest absolute Gasteiger partial charge is 0.254 e. The average Bonchev–Trinajstić information content (AvgIpc) is 2.67. The van der Waals surface area contributed by atoms with Crippen molar-refractivity contribution in [2.45, 2.75) is 33.4 Å². The largest absolute Gasteiger partial charge is 0.493 e. The maximum Gasteiger partial charge on any atom is 0.254 e. The summed E-state index contributed by atoms with van der Waals surface area (Å²) < 4.78 is 20.4. The van der Waals surface area contributed by atoms with E-state index < -0.39 is 11.7 Å². The van der Waals surface area contributed by atoms with Crippen LogP contribution >= 0.6 is 0 Å². The average molecular weight is 394 g/mol. The van der Waals surface area contributed by atoms with E-state index in [-0.39, 0.29) is 24.1 Å². The van der Waals surface area contributed by atoms with Crippen molar-refractivity contribution >= 4 is 5.91 Å². The highest BCUT2D eigenvalue weighted by molar-refractivity contribution is 5.94. The Kier molecular flexibility index (Phi) is 6.12. The van der Waals surface area contributed by atoms with Gasteiger partial charge in [0, 0.05) is 17.8 Å². The van der Waals surface area contributed by atoms with Crippen LogP contribution in [-0.4, -0.2) is 16.0 Å². The minimum atomic E-state index is -0.633. The van der Waals surface area contributed by atoms with Crippen LogP contribution in [0.1, 0.15) is 45.8 Å². The number of ether oxygens (including phenoxy) is 1. The molecule has 0 unspecified atom stereocenters. The van der Waals surface area contributed by atoms with Gasteiger partial charge in [0.1, 0.15) is 17.7 Å². The van der Waals surface area contributed by atoms with Gasteiger partial charge in [-0.15, -0.1) is 0 Å². The third kappa shape index (κ3) is 4.90. The predicted octanol–water partition coefficient (Wildman–Crippen LogP) is 4.61. The van der Waals surface area contributed by atoms with Crippen molar-refractivity contribution in [3.8, 4) is 11.6 Å². The van der Waals surface area contributed by atoms with Gasteiger partial charge in [0.15, 0.2) is 0 Å². The molecule has 0 aliphatic rings. The summed E-state index contributed by atoms with van der Waals surface area (Å²) in [6.45, 7) is 5.46. The number of aromatic nitrogens is 1. The number of amides is 1. The molecule has 2 N–H and O–H groups in total. The number of hydrogen-bond donors (Lipinski definition) is 2. The number of carbonyl (C=O) groups is 1. The van der Waals surface area contributed by atoms with Gasteiger partial charge in [-0.05, 0) is 62.2 Å². The lowest BCUT2D eigenvalue weighted by Gasteiger charge is -2.16. The number of aromatic hydroxyl groups is 1. The van der Waals surface area contributed by atoms with Crippen LogP contribution in [0.2, 0.25) is 0 Å². The van der Waals surface area contributed by atoms with E-state index in [2.05, 4.69) is 10.3 Å². The van der Waals surface area contributed by atoms with E-state index in [1.165, 1.54) is 12.1 Å². The summed E-state index contributed by atoms with van der Waals surface area (Å²) in [7, 11) is 0. The van der Waals surface area contributed by atoms with Gasteiger partial charge in [0.05, 0.1) is 5.56 Å². The lowest BCUT2D eigenvalue weighted by Crippen LogP contribution is -2.24. The molecule has 0 radical (unpaired) electrons. The normalized spacial score (nSPS) is 11.7. The van der Waals surface area contributed by atoms with E-state index in [1.54, 1.807) is 13.0 Å². The minimum absolute atomic E-state index is 0.0541. The molecule has 5 nitrogen and oxygen atoms in total. The Bertz CT molecular complexity index is 999. The van der Waals surface area contributed by atoms with E-state index in [0.29, 0.717) is 22.6 Å². The molecule has 0 saturated carbocycles. The van der Waals surface area contributed by atoms with E-state index in [9.17, 15) is 14.3 Å². The molecule has 0 saturated heterocycles. The Balaban J connectivity index is 1.69. The molecule has 0 bridgehead atoms. The van der Waals surface area contributed by atoms with Crippen LogP contribution in [0.25, 0.3) is 0 Å². The second-order valence-corrected chi connectivity index (χ2v) is 6.88. The first-order valence-electron chi connectivity index (χ1n) is 9.30. The molecule has 3 rings (SSSR count). The van der Waals surface area contributed by atoms with Gasteiger partial charge < -0.3 is 15.2 Å². The van der Waals surface area contributed by atoms with Gasteiger partial charge in [0.25, 0.3) is 5.91 Å². The second kappa shape index (κ2) is 8.73. The van der Waals surface area contributed by atoms with Crippen molar-refractivity contribution in [2.75, 3.05) is 0 Å². The van der Waals surface area contributed by atoms with Crippen molar-refractivity contribution in [2.24, 2.45) is 0 Å². The quantitative estimate of drug-likeness (QED) is 0.640. The first-order valence-corrected chi connectivity index (χ1v) is 9.30. The number of benzene rings is 2. The lowest BCUT2D eigenvalue weighted by atomic mass is 10.1. The molecular formula is C23H23FN2O3. The van der Waals surface area contributed by atoms with Crippen LogP contribution < -0.4 is 10.1 Å². The van der Waals surface area contributed by atoms with Gasteiger partial charge in [-0.2, -0.15) is 0 Å². The number of carbonyl (C=O) groups excluding carboxylic acids is 1. The highest BCUT2D eigenvalue weighted by Crippen LogP contribution is 2.23. The molecule has 1 aromatic heterocycles. The Hall–Kier alpha value is -3.41. The van der Waals surface area contributed by atoms with Gasteiger partial charge >= 0.3 is 0 Å². The van der Waals surface area contributed by atoms with Crippen LogP contribution in [0.15, 0.2) is 54.6 Å². The number of hydrogen-bond acceptors (Lipinski definition) is 4. The summed E-state index contributed by atoms with van der Waals surface area (Å²) in [5, 5.41) is 12.6. The summed E-state index contributed by atoms with van der Waals surface area (Å²) in [5.41, 5.74) is 2.55. The molecule has 0 fully saturated rings. The molecule has 150 valence electrons. The minimum Gasteiger partial charge on any atom is -0.493 e. The maximum atomic E-state index is 14.6. The van der Waals surface area contributed by atoms with Crippen molar-refractivity contribution in [3.63, 3.8) is 0 Å². The Morgan fingerprint density at radius 2 is 1.90 bits per heavy atom. The van der Waals surface area contributed by atoms with Crippen LogP contribution in [0, 0.1) is 19.7 Å². The zero-order chi connectivity index (χ0) is 21.0. The van der Waals surface area contributed by atoms with Gasteiger partial charge in [-0.25, -0.2) is 9.37 Å². The van der Waals surface area contributed by atoms with Crippen molar-refractivity contribution < 1.29 is 19.0 Å². The van der Waals surface area contributed by atoms with Crippen molar-refractivity contribution in [1.82, 2.24) is 10.3 Å². The molecule has 1 heterocycles. The topological polar surface area (TPSA) is 71.5 Å². The van der Waals surface area contributed by atoms with Gasteiger partial charge in [-0.1, -0.05) is 24.3 Å². The number of nitrogens with one attached hydrogen (secondary N) is 1. The number of halogens is 1. The summed E-state index contributed by atoms with van der Waals surface area (Å²) in [6.07, 6.45) is -0.373. The monoisotopic (exact) mass is 394 g/mol. The van der Waals surface area contributed by atoms with Gasteiger partial charge in [0.2, 0.25) is 5.88 Å².